The van der Waals surface area contributed by atoms with Crippen molar-refractivity contribution in [1.29, 1.82) is 0 Å². The second-order valence-corrected chi connectivity index (χ2v) is 7.46. The summed E-state index contributed by atoms with van der Waals surface area (Å²) in [4.78, 5) is 12.9. The van der Waals surface area contributed by atoms with Crippen LogP contribution in [0, 0.1) is 0 Å². The summed E-state index contributed by atoms with van der Waals surface area (Å²) < 4.78 is 16.8. The molecule has 0 aliphatic carbocycles. The van der Waals surface area contributed by atoms with E-state index in [1.54, 1.807) is 12.1 Å². The van der Waals surface area contributed by atoms with Gasteiger partial charge in [0.25, 0.3) is 0 Å². The number of ketones is 1. The molecular formula is C21H22O10. The van der Waals surface area contributed by atoms with Gasteiger partial charge in [-0.2, -0.15) is 0 Å². The van der Waals surface area contributed by atoms with Crippen LogP contribution in [-0.4, -0.2) is 73.7 Å². The maximum Gasteiger partial charge on any atom is 0.229 e. The van der Waals surface area contributed by atoms with Crippen LogP contribution in [-0.2, 0) is 4.74 Å². The van der Waals surface area contributed by atoms with Crippen molar-refractivity contribution in [2.75, 3.05) is 6.61 Å². The number of hydrogen-bond donors (Lipinski definition) is 6. The van der Waals surface area contributed by atoms with E-state index in [2.05, 4.69) is 0 Å². The fourth-order valence-electron chi connectivity index (χ4n) is 3.67. The third-order valence-corrected chi connectivity index (χ3v) is 5.33. The molecule has 6 atom stereocenters. The van der Waals surface area contributed by atoms with Crippen LogP contribution in [0.4, 0.5) is 0 Å². The first-order chi connectivity index (χ1) is 14.8. The van der Waals surface area contributed by atoms with E-state index in [1.807, 2.05) is 0 Å². The highest BCUT2D eigenvalue weighted by Crippen LogP contribution is 2.43. The molecule has 31 heavy (non-hydrogen) atoms. The molecule has 0 unspecified atom stereocenters. The Bertz CT molecular complexity index is 957. The molecule has 6 N–H and O–H groups in total. The Balaban J connectivity index is 1.63. The monoisotopic (exact) mass is 434 g/mol. The first-order valence-electron chi connectivity index (χ1n) is 9.61. The van der Waals surface area contributed by atoms with Crippen LogP contribution in [0.25, 0.3) is 0 Å². The highest BCUT2D eigenvalue weighted by molar-refractivity contribution is 6.02. The van der Waals surface area contributed by atoms with Crippen LogP contribution in [0.2, 0.25) is 0 Å². The number of rotatable bonds is 4. The number of ether oxygens (including phenoxy) is 3. The molecule has 0 spiro atoms. The van der Waals surface area contributed by atoms with Crippen LogP contribution in [0.1, 0.15) is 28.4 Å². The highest BCUT2D eigenvalue weighted by Gasteiger charge is 2.45. The third kappa shape index (κ3) is 4.03. The van der Waals surface area contributed by atoms with Crippen molar-refractivity contribution >= 4 is 5.78 Å². The van der Waals surface area contributed by atoms with Gasteiger partial charge in [0.05, 0.1) is 13.0 Å². The van der Waals surface area contributed by atoms with Crippen LogP contribution in [0.3, 0.4) is 0 Å². The smallest absolute Gasteiger partial charge is 0.229 e. The van der Waals surface area contributed by atoms with E-state index in [9.17, 15) is 35.4 Å². The minimum absolute atomic E-state index is 0.0183. The van der Waals surface area contributed by atoms with Crippen LogP contribution < -0.4 is 9.47 Å². The van der Waals surface area contributed by atoms with E-state index >= 15 is 0 Å². The Kier molecular flexibility index (Phi) is 5.73. The number of hydrogen-bond acceptors (Lipinski definition) is 10. The molecule has 0 saturated carbocycles. The Labute approximate surface area is 176 Å². The molecule has 0 amide bonds. The standard InChI is InChI=1S/C21H22O10/c22-8-16-18(26)19(27)20(28)21(31-16)30-15-6-11(24)5-14-17(15)12(25)7-13(29-14)9-1-3-10(23)4-2-9/h1-6,13,16,18-24,26-28H,7-8H2/t13-,16-,18-,19-,20-,21-/m0/s1. The van der Waals surface area contributed by atoms with Crippen molar-refractivity contribution in [3.05, 3.63) is 47.5 Å². The van der Waals surface area contributed by atoms with E-state index in [0.717, 1.165) is 6.07 Å². The summed E-state index contributed by atoms with van der Waals surface area (Å²) in [5.74, 6) is -0.669. The molecule has 2 aromatic carbocycles. The number of phenolic OH excluding ortho intramolecular Hbond substituents is 2. The molecule has 2 heterocycles. The number of fused-ring (bicyclic) bond motifs is 1. The zero-order valence-electron chi connectivity index (χ0n) is 16.2. The molecule has 10 nitrogen and oxygen atoms in total. The zero-order chi connectivity index (χ0) is 22.3. The third-order valence-electron chi connectivity index (χ3n) is 5.33. The van der Waals surface area contributed by atoms with Gasteiger partial charge in [0, 0.05) is 12.1 Å². The van der Waals surface area contributed by atoms with Gasteiger partial charge in [0.1, 0.15) is 59.1 Å². The van der Waals surface area contributed by atoms with Gasteiger partial charge in [0.15, 0.2) is 5.78 Å². The fourth-order valence-corrected chi connectivity index (χ4v) is 3.67. The van der Waals surface area contributed by atoms with E-state index in [0.29, 0.717) is 5.56 Å². The van der Waals surface area contributed by atoms with E-state index in [4.69, 9.17) is 14.2 Å². The van der Waals surface area contributed by atoms with Crippen molar-refractivity contribution in [2.24, 2.45) is 0 Å². The molecular weight excluding hydrogens is 412 g/mol. The largest absolute Gasteiger partial charge is 0.508 e. The molecule has 10 heteroatoms. The summed E-state index contributed by atoms with van der Waals surface area (Å²) in [5, 5.41) is 58.9. The molecule has 0 radical (unpaired) electrons. The second kappa shape index (κ2) is 8.33. The maximum atomic E-state index is 12.9. The van der Waals surface area contributed by atoms with Crippen LogP contribution in [0.15, 0.2) is 36.4 Å². The summed E-state index contributed by atoms with van der Waals surface area (Å²) in [6, 6.07) is 8.56. The lowest BCUT2D eigenvalue weighted by atomic mass is 9.95. The predicted octanol–water partition coefficient (Wildman–Crippen LogP) is -0.0170. The van der Waals surface area contributed by atoms with Gasteiger partial charge in [-0.15, -0.1) is 0 Å². The lowest BCUT2D eigenvalue weighted by Gasteiger charge is -2.40. The van der Waals surface area contributed by atoms with Crippen molar-refractivity contribution < 1.29 is 49.6 Å². The van der Waals surface area contributed by atoms with Crippen LogP contribution >= 0.6 is 0 Å². The normalized spacial score (nSPS) is 30.4. The Morgan fingerprint density at radius 3 is 2.35 bits per heavy atom. The predicted molar refractivity (Wildman–Crippen MR) is 103 cm³/mol. The van der Waals surface area contributed by atoms with Gasteiger partial charge in [-0.25, -0.2) is 0 Å². The summed E-state index contributed by atoms with van der Waals surface area (Å²) in [6.07, 6.45) is -8.31. The van der Waals surface area contributed by atoms with Crippen molar-refractivity contribution in [2.45, 2.75) is 43.2 Å². The van der Waals surface area contributed by atoms with Gasteiger partial charge in [0.2, 0.25) is 6.29 Å². The number of Topliss-reactive ketones (excluding diaryl/α,β-unsaturated/α-hetero) is 1. The molecule has 2 aliphatic heterocycles. The van der Waals surface area contributed by atoms with Crippen molar-refractivity contribution in [1.82, 2.24) is 0 Å². The molecule has 1 saturated heterocycles. The van der Waals surface area contributed by atoms with Crippen molar-refractivity contribution in [3.8, 4) is 23.0 Å². The summed E-state index contributed by atoms with van der Waals surface area (Å²) >= 11 is 0. The minimum atomic E-state index is -1.68. The lowest BCUT2D eigenvalue weighted by molar-refractivity contribution is -0.277. The molecule has 2 aliphatic rings. The number of aliphatic hydroxyl groups is 4. The average molecular weight is 434 g/mol. The number of carbonyl (C=O) groups is 1. The number of carbonyl (C=O) groups excluding carboxylic acids is 1. The molecule has 2 aromatic rings. The number of aliphatic hydroxyl groups excluding tert-OH is 4. The van der Waals surface area contributed by atoms with Gasteiger partial charge in [-0.1, -0.05) is 12.1 Å². The Morgan fingerprint density at radius 1 is 0.968 bits per heavy atom. The quantitative estimate of drug-likeness (QED) is 0.385. The van der Waals surface area contributed by atoms with Gasteiger partial charge in [-0.3, -0.25) is 4.79 Å². The van der Waals surface area contributed by atoms with E-state index in [-0.39, 0.29) is 40.8 Å². The summed E-state index contributed by atoms with van der Waals surface area (Å²) in [5.41, 5.74) is 0.668. The number of aromatic hydroxyl groups is 2. The number of benzene rings is 2. The second-order valence-electron chi connectivity index (χ2n) is 7.46. The maximum absolute atomic E-state index is 12.9. The average Bonchev–Trinajstić information content (AvgIpc) is 2.74. The first kappa shape index (κ1) is 21.3. The molecule has 0 bridgehead atoms. The summed E-state index contributed by atoms with van der Waals surface area (Å²) in [7, 11) is 0. The number of phenols is 2. The lowest BCUT2D eigenvalue weighted by Crippen LogP contribution is -2.60. The van der Waals surface area contributed by atoms with E-state index < -0.39 is 43.4 Å². The first-order valence-corrected chi connectivity index (χ1v) is 9.61. The molecule has 166 valence electrons. The van der Waals surface area contributed by atoms with Gasteiger partial charge >= 0.3 is 0 Å². The fraction of sp³-hybridized carbons (Fsp3) is 0.381. The van der Waals surface area contributed by atoms with Gasteiger partial charge in [-0.05, 0) is 17.7 Å². The Hall–Kier alpha value is -2.89. The van der Waals surface area contributed by atoms with Gasteiger partial charge < -0.3 is 44.8 Å². The molecule has 4 rings (SSSR count). The summed E-state index contributed by atoms with van der Waals surface area (Å²) in [6.45, 7) is -0.640. The Morgan fingerprint density at radius 2 is 1.68 bits per heavy atom. The van der Waals surface area contributed by atoms with Crippen LogP contribution in [0.5, 0.6) is 23.0 Å². The highest BCUT2D eigenvalue weighted by atomic mass is 16.7. The zero-order valence-corrected chi connectivity index (χ0v) is 16.2. The topological polar surface area (TPSA) is 166 Å². The van der Waals surface area contributed by atoms with E-state index in [1.165, 1.54) is 18.2 Å². The van der Waals surface area contributed by atoms with Crippen molar-refractivity contribution in [3.63, 3.8) is 0 Å². The minimum Gasteiger partial charge on any atom is -0.508 e. The molecule has 1 fully saturated rings. The molecule has 0 aromatic heterocycles. The SMILES string of the molecule is O=C1C[C@@H](c2ccc(O)cc2)Oc2cc(O)cc(O[C@H]3O[C@@H](CO)[C@H](O)[C@H](O)[C@@H]3O)c21.